The molecule has 4 rings (SSSR count). The third-order valence-corrected chi connectivity index (χ3v) is 4.80. The number of rotatable bonds is 3. The molecule has 0 aromatic heterocycles. The standard InChI is InChI=1S/C21H16ClFN2O.CH2O2/c22-17-8-4-5-14(11-17)18-12-16(9-10-19(18)23)21(13-26-20(24)25-21)15-6-2-1-3-7-15;2-1-3/h1-12H,13H2,(H2,24,25);1H,(H,2,3). The van der Waals surface area contributed by atoms with Crippen LogP contribution in [0.1, 0.15) is 11.1 Å². The van der Waals surface area contributed by atoms with Gasteiger partial charge in [-0.25, -0.2) is 9.38 Å². The van der Waals surface area contributed by atoms with Crippen LogP contribution >= 0.6 is 11.6 Å². The van der Waals surface area contributed by atoms with E-state index < -0.39 is 5.54 Å². The van der Waals surface area contributed by atoms with Gasteiger partial charge in [-0.05, 0) is 41.0 Å². The molecule has 0 saturated carbocycles. The van der Waals surface area contributed by atoms with Crippen LogP contribution in [0, 0.1) is 5.82 Å². The molecule has 0 aliphatic carbocycles. The minimum absolute atomic E-state index is 0.127. The number of benzene rings is 3. The lowest BCUT2D eigenvalue weighted by Gasteiger charge is -2.26. The lowest BCUT2D eigenvalue weighted by atomic mass is 9.83. The molecule has 0 saturated heterocycles. The molecule has 0 radical (unpaired) electrons. The molecule has 3 N–H and O–H groups in total. The van der Waals surface area contributed by atoms with Crippen LogP contribution in [0.3, 0.4) is 0 Å². The fraction of sp³-hybridized carbons (Fsp3) is 0.0909. The minimum Gasteiger partial charge on any atom is -0.483 e. The van der Waals surface area contributed by atoms with Crippen LogP contribution in [-0.2, 0) is 15.1 Å². The average molecular weight is 413 g/mol. The number of halogens is 2. The first-order valence-electron chi connectivity index (χ1n) is 8.67. The van der Waals surface area contributed by atoms with Crippen molar-refractivity contribution in [3.63, 3.8) is 0 Å². The lowest BCUT2D eigenvalue weighted by Crippen LogP contribution is -2.27. The summed E-state index contributed by atoms with van der Waals surface area (Å²) in [5, 5.41) is 7.44. The van der Waals surface area contributed by atoms with Crippen molar-refractivity contribution in [2.45, 2.75) is 5.54 Å². The molecule has 148 valence electrons. The molecule has 1 aliphatic rings. The molecule has 5 nitrogen and oxygen atoms in total. The SMILES string of the molecule is NC1=NC(c2ccccc2)(c2ccc(F)c(-c3cccc(Cl)c3)c2)CO1.O=CO. The number of aliphatic imine (C=N–C) groups is 1. The molecule has 1 unspecified atom stereocenters. The van der Waals surface area contributed by atoms with Gasteiger partial charge in [0.05, 0.1) is 0 Å². The van der Waals surface area contributed by atoms with E-state index in [2.05, 4.69) is 4.99 Å². The smallest absolute Gasteiger partial charge is 0.290 e. The first kappa shape index (κ1) is 20.4. The molecule has 0 spiro atoms. The van der Waals surface area contributed by atoms with Crippen molar-refractivity contribution in [2.75, 3.05) is 6.61 Å². The third-order valence-electron chi connectivity index (χ3n) is 4.56. The van der Waals surface area contributed by atoms with Gasteiger partial charge in [0.25, 0.3) is 12.5 Å². The highest BCUT2D eigenvalue weighted by Gasteiger charge is 2.40. The predicted molar refractivity (Wildman–Crippen MR) is 110 cm³/mol. The summed E-state index contributed by atoms with van der Waals surface area (Å²) in [5.74, 6) is -0.324. The summed E-state index contributed by atoms with van der Waals surface area (Å²) in [7, 11) is 0. The van der Waals surface area contributed by atoms with Gasteiger partial charge in [-0.2, -0.15) is 0 Å². The predicted octanol–water partition coefficient (Wildman–Crippen LogP) is 4.44. The Hall–Kier alpha value is -3.38. The molecular formula is C22H18ClFN2O3. The van der Waals surface area contributed by atoms with Gasteiger partial charge in [0.2, 0.25) is 0 Å². The Balaban J connectivity index is 0.000000755. The molecule has 1 aliphatic heterocycles. The Morgan fingerprint density at radius 1 is 1.07 bits per heavy atom. The molecular weight excluding hydrogens is 395 g/mol. The fourth-order valence-corrected chi connectivity index (χ4v) is 3.46. The largest absolute Gasteiger partial charge is 0.483 e. The zero-order valence-electron chi connectivity index (χ0n) is 15.3. The van der Waals surface area contributed by atoms with E-state index in [4.69, 9.17) is 32.0 Å². The second-order valence-corrected chi connectivity index (χ2v) is 6.71. The molecule has 0 fully saturated rings. The van der Waals surface area contributed by atoms with Crippen molar-refractivity contribution in [3.8, 4) is 11.1 Å². The van der Waals surface area contributed by atoms with Gasteiger partial charge in [0.15, 0.2) is 5.54 Å². The van der Waals surface area contributed by atoms with Gasteiger partial charge >= 0.3 is 0 Å². The number of nitrogens with zero attached hydrogens (tertiary/aromatic N) is 1. The second-order valence-electron chi connectivity index (χ2n) is 6.28. The Morgan fingerprint density at radius 2 is 1.79 bits per heavy atom. The molecule has 1 heterocycles. The lowest BCUT2D eigenvalue weighted by molar-refractivity contribution is -0.122. The summed E-state index contributed by atoms with van der Waals surface area (Å²) in [6, 6.07) is 21.9. The highest BCUT2D eigenvalue weighted by atomic mass is 35.5. The van der Waals surface area contributed by atoms with E-state index in [0.717, 1.165) is 11.1 Å². The summed E-state index contributed by atoms with van der Waals surface area (Å²) >= 11 is 6.08. The minimum atomic E-state index is -0.799. The molecule has 29 heavy (non-hydrogen) atoms. The summed E-state index contributed by atoms with van der Waals surface area (Å²) < 4.78 is 20.0. The highest BCUT2D eigenvalue weighted by molar-refractivity contribution is 6.30. The summed E-state index contributed by atoms with van der Waals surface area (Å²) in [4.78, 5) is 12.9. The van der Waals surface area contributed by atoms with Gasteiger partial charge in [0, 0.05) is 10.6 Å². The highest BCUT2D eigenvalue weighted by Crippen LogP contribution is 2.39. The number of hydrogen-bond donors (Lipinski definition) is 2. The van der Waals surface area contributed by atoms with Crippen LogP contribution < -0.4 is 5.73 Å². The van der Waals surface area contributed by atoms with E-state index >= 15 is 0 Å². The number of hydrogen-bond acceptors (Lipinski definition) is 4. The van der Waals surface area contributed by atoms with Gasteiger partial charge in [0.1, 0.15) is 12.4 Å². The van der Waals surface area contributed by atoms with Gasteiger partial charge in [-0.3, -0.25) is 4.79 Å². The van der Waals surface area contributed by atoms with Crippen LogP contribution in [0.2, 0.25) is 5.02 Å². The monoisotopic (exact) mass is 412 g/mol. The molecule has 3 aromatic rings. The Kier molecular flexibility index (Phi) is 6.14. The number of nitrogens with two attached hydrogens (primary N) is 1. The zero-order valence-corrected chi connectivity index (χ0v) is 16.0. The number of carboxylic acid groups (broad SMARTS) is 1. The van der Waals surface area contributed by atoms with Crippen LogP contribution in [-0.4, -0.2) is 24.2 Å². The zero-order chi connectivity index (χ0) is 20.9. The van der Waals surface area contributed by atoms with Crippen molar-refractivity contribution in [1.82, 2.24) is 0 Å². The number of amidine groups is 1. The van der Waals surface area contributed by atoms with E-state index in [1.54, 1.807) is 30.3 Å². The maximum atomic E-state index is 14.5. The van der Waals surface area contributed by atoms with Crippen LogP contribution in [0.4, 0.5) is 4.39 Å². The summed E-state index contributed by atoms with van der Waals surface area (Å²) in [5.41, 5.74) is 7.93. The Bertz CT molecular complexity index is 1040. The van der Waals surface area contributed by atoms with Gasteiger partial charge in [-0.15, -0.1) is 0 Å². The van der Waals surface area contributed by atoms with Crippen LogP contribution in [0.15, 0.2) is 77.8 Å². The maximum absolute atomic E-state index is 14.5. The molecule has 0 amide bonds. The van der Waals surface area contributed by atoms with Crippen LogP contribution in [0.25, 0.3) is 11.1 Å². The van der Waals surface area contributed by atoms with Crippen molar-refractivity contribution in [1.29, 1.82) is 0 Å². The van der Waals surface area contributed by atoms with Gasteiger partial charge in [-0.1, -0.05) is 60.1 Å². The number of ether oxygens (including phenoxy) is 1. The quantitative estimate of drug-likeness (QED) is 0.623. The summed E-state index contributed by atoms with van der Waals surface area (Å²) in [6.45, 7) is 0.0173. The van der Waals surface area contributed by atoms with Crippen molar-refractivity contribution in [2.24, 2.45) is 10.7 Å². The van der Waals surface area contributed by atoms with Crippen LogP contribution in [0.5, 0.6) is 0 Å². The first-order valence-corrected chi connectivity index (χ1v) is 9.05. The molecule has 3 aromatic carbocycles. The molecule has 1 atom stereocenters. The fourth-order valence-electron chi connectivity index (χ4n) is 3.27. The molecule has 7 heteroatoms. The molecule has 0 bridgehead atoms. The third kappa shape index (κ3) is 4.22. The van der Waals surface area contributed by atoms with Crippen molar-refractivity contribution in [3.05, 3.63) is 94.8 Å². The van der Waals surface area contributed by atoms with Crippen molar-refractivity contribution < 1.29 is 19.0 Å². The maximum Gasteiger partial charge on any atom is 0.290 e. The Labute approximate surface area is 172 Å². The van der Waals surface area contributed by atoms with E-state index in [1.165, 1.54) is 6.07 Å². The number of carbonyl (C=O) groups is 1. The second kappa shape index (κ2) is 8.75. The van der Waals surface area contributed by atoms with E-state index in [9.17, 15) is 4.39 Å². The topological polar surface area (TPSA) is 84.9 Å². The van der Waals surface area contributed by atoms with E-state index in [1.807, 2.05) is 36.4 Å². The normalized spacial score (nSPS) is 17.5. The summed E-state index contributed by atoms with van der Waals surface area (Å²) in [6.07, 6.45) is 0. The van der Waals surface area contributed by atoms with Crippen molar-refractivity contribution >= 4 is 24.1 Å². The van der Waals surface area contributed by atoms with Gasteiger partial charge < -0.3 is 15.6 Å². The Morgan fingerprint density at radius 3 is 2.41 bits per heavy atom. The van der Waals surface area contributed by atoms with E-state index in [0.29, 0.717) is 16.1 Å². The van der Waals surface area contributed by atoms with E-state index in [-0.39, 0.29) is 24.9 Å². The first-order chi connectivity index (χ1) is 14.0. The average Bonchev–Trinajstić information content (AvgIpc) is 3.12.